The van der Waals surface area contributed by atoms with Crippen molar-refractivity contribution in [3.05, 3.63) is 11.6 Å². The van der Waals surface area contributed by atoms with Gasteiger partial charge in [0.05, 0.1) is 13.1 Å². The lowest BCUT2D eigenvalue weighted by Crippen LogP contribution is -2.50. The molecule has 1 saturated heterocycles. The van der Waals surface area contributed by atoms with E-state index in [0.717, 1.165) is 4.90 Å². The summed E-state index contributed by atoms with van der Waals surface area (Å²) in [6.07, 6.45) is -11.4. The van der Waals surface area contributed by atoms with E-state index in [4.69, 9.17) is 0 Å². The number of amides is 1. The average Bonchev–Trinajstić information content (AvgIpc) is 3.11. The average molecular weight is 443 g/mol. The van der Waals surface area contributed by atoms with Gasteiger partial charge in [-0.15, -0.1) is 10.2 Å². The van der Waals surface area contributed by atoms with Gasteiger partial charge in [0.15, 0.2) is 12.1 Å². The minimum absolute atomic E-state index is 0.0343. The lowest BCUT2D eigenvalue weighted by molar-refractivity contribution is -0.213. The van der Waals surface area contributed by atoms with Crippen molar-refractivity contribution in [2.75, 3.05) is 19.6 Å². The Balaban J connectivity index is 1.92. The number of esters is 1. The maximum absolute atomic E-state index is 13.2. The van der Waals surface area contributed by atoms with Crippen LogP contribution in [0.4, 0.5) is 26.3 Å². The topological polar surface area (TPSA) is 89.3 Å². The van der Waals surface area contributed by atoms with E-state index in [0.29, 0.717) is 30.5 Å². The van der Waals surface area contributed by atoms with Crippen molar-refractivity contribution in [1.29, 1.82) is 0 Å². The molecule has 1 unspecified atom stereocenters. The summed E-state index contributed by atoms with van der Waals surface area (Å²) >= 11 is 0. The quantitative estimate of drug-likeness (QED) is 0.567. The van der Waals surface area contributed by atoms with Gasteiger partial charge in [0.2, 0.25) is 11.7 Å². The molecule has 0 aliphatic carbocycles. The van der Waals surface area contributed by atoms with Crippen molar-refractivity contribution in [2.24, 2.45) is 11.8 Å². The summed E-state index contributed by atoms with van der Waals surface area (Å²) in [5, 5.41) is 9.51. The van der Waals surface area contributed by atoms with Gasteiger partial charge in [0.25, 0.3) is 0 Å². The third-order valence-corrected chi connectivity index (χ3v) is 5.25. The molecule has 0 spiro atoms. The van der Waals surface area contributed by atoms with Crippen LogP contribution in [0.1, 0.15) is 37.6 Å². The monoisotopic (exact) mass is 443 g/mol. The maximum Gasteiger partial charge on any atom is 0.491 e. The number of nitrogens with one attached hydrogen (secondary N) is 1. The van der Waals surface area contributed by atoms with E-state index in [1.165, 1.54) is 0 Å². The molecule has 3 heterocycles. The first-order chi connectivity index (χ1) is 13.9. The molecule has 1 aromatic rings. The molecule has 2 aliphatic heterocycles. The van der Waals surface area contributed by atoms with E-state index in [1.807, 2.05) is 6.92 Å². The SMILES string of the molecule is CC[C@@H]1CNCC[C@@H]1C(=O)N1Cc2nnc(C(F)(F)F)n2C(OC(=O)C(F)(F)F)C1. The lowest BCUT2D eigenvalue weighted by Gasteiger charge is -2.38. The number of fused-ring (bicyclic) bond motifs is 1. The van der Waals surface area contributed by atoms with Gasteiger partial charge in [0, 0.05) is 5.92 Å². The molecule has 30 heavy (non-hydrogen) atoms. The van der Waals surface area contributed by atoms with Crippen LogP contribution in [0, 0.1) is 11.8 Å². The molecule has 0 bridgehead atoms. The Morgan fingerprint density at radius 1 is 1.20 bits per heavy atom. The second-order valence-electron chi connectivity index (χ2n) is 7.15. The van der Waals surface area contributed by atoms with Gasteiger partial charge in [-0.05, 0) is 25.4 Å². The van der Waals surface area contributed by atoms with Gasteiger partial charge in [0.1, 0.15) is 0 Å². The smallest absolute Gasteiger partial charge is 0.432 e. The van der Waals surface area contributed by atoms with Gasteiger partial charge in [-0.1, -0.05) is 13.3 Å². The van der Waals surface area contributed by atoms with Crippen LogP contribution in [0.5, 0.6) is 0 Å². The first kappa shape index (κ1) is 22.3. The highest BCUT2D eigenvalue weighted by Crippen LogP contribution is 2.35. The number of rotatable bonds is 3. The number of hydrogen-bond acceptors (Lipinski definition) is 6. The van der Waals surface area contributed by atoms with Crippen molar-refractivity contribution in [3.8, 4) is 0 Å². The first-order valence-electron chi connectivity index (χ1n) is 9.21. The Bertz CT molecular complexity index is 808. The molecule has 168 valence electrons. The fourth-order valence-corrected chi connectivity index (χ4v) is 3.79. The van der Waals surface area contributed by atoms with Crippen LogP contribution in [-0.4, -0.2) is 57.4 Å². The molecular weight excluding hydrogens is 424 g/mol. The summed E-state index contributed by atoms with van der Waals surface area (Å²) in [7, 11) is 0. The third kappa shape index (κ3) is 4.37. The number of piperidine rings is 1. The van der Waals surface area contributed by atoms with Crippen LogP contribution in [0.15, 0.2) is 0 Å². The second-order valence-corrected chi connectivity index (χ2v) is 7.15. The molecule has 1 N–H and O–H groups in total. The summed E-state index contributed by atoms with van der Waals surface area (Å²) in [5.74, 6) is -5.59. The van der Waals surface area contributed by atoms with Gasteiger partial charge >= 0.3 is 18.3 Å². The molecule has 3 rings (SSSR count). The predicted octanol–water partition coefficient (Wildman–Crippen LogP) is 1.88. The number of halogens is 6. The normalized spacial score (nSPS) is 25.0. The number of carbonyl (C=O) groups excluding carboxylic acids is 2. The lowest BCUT2D eigenvalue weighted by atomic mass is 9.83. The minimum atomic E-state index is -5.42. The molecule has 0 radical (unpaired) electrons. The number of carbonyl (C=O) groups is 2. The zero-order valence-electron chi connectivity index (χ0n) is 15.8. The summed E-state index contributed by atoms with van der Waals surface area (Å²) < 4.78 is 82.3. The zero-order chi connectivity index (χ0) is 22.3. The van der Waals surface area contributed by atoms with E-state index in [9.17, 15) is 35.9 Å². The summed E-state index contributed by atoms with van der Waals surface area (Å²) in [6, 6.07) is 0. The molecular formula is C16H19F6N5O3. The van der Waals surface area contributed by atoms with Crippen LogP contribution in [0.25, 0.3) is 0 Å². The first-order valence-corrected chi connectivity index (χ1v) is 9.21. The van der Waals surface area contributed by atoms with Crippen LogP contribution < -0.4 is 5.32 Å². The van der Waals surface area contributed by atoms with E-state index < -0.39 is 54.6 Å². The highest BCUT2D eigenvalue weighted by Gasteiger charge is 2.48. The molecule has 2 aliphatic rings. The Labute approximate surface area is 166 Å². The van der Waals surface area contributed by atoms with Crippen LogP contribution >= 0.6 is 0 Å². The Kier molecular flexibility index (Phi) is 5.98. The second kappa shape index (κ2) is 8.04. The van der Waals surface area contributed by atoms with Crippen LogP contribution in [-0.2, 0) is 27.0 Å². The van der Waals surface area contributed by atoms with Gasteiger partial charge in [-0.2, -0.15) is 26.3 Å². The number of aromatic nitrogens is 3. The number of nitrogens with zero attached hydrogens (tertiary/aromatic N) is 4. The van der Waals surface area contributed by atoms with E-state index in [1.54, 1.807) is 0 Å². The zero-order valence-corrected chi connectivity index (χ0v) is 15.8. The molecule has 14 heteroatoms. The summed E-state index contributed by atoms with van der Waals surface area (Å²) in [5.41, 5.74) is 0. The highest BCUT2D eigenvalue weighted by molar-refractivity contribution is 5.79. The molecule has 0 saturated carbocycles. The highest BCUT2D eigenvalue weighted by atomic mass is 19.4. The fourth-order valence-electron chi connectivity index (χ4n) is 3.79. The minimum Gasteiger partial charge on any atom is -0.432 e. The largest absolute Gasteiger partial charge is 0.491 e. The van der Waals surface area contributed by atoms with E-state index in [2.05, 4.69) is 20.3 Å². The molecule has 0 aromatic carbocycles. The molecule has 1 fully saturated rings. The van der Waals surface area contributed by atoms with Gasteiger partial charge in [-0.3, -0.25) is 9.36 Å². The van der Waals surface area contributed by atoms with E-state index in [-0.39, 0.29) is 12.5 Å². The Hall–Kier alpha value is -2.38. The van der Waals surface area contributed by atoms with Crippen molar-refractivity contribution in [2.45, 2.75) is 44.9 Å². The summed E-state index contributed by atoms with van der Waals surface area (Å²) in [4.78, 5) is 25.4. The predicted molar refractivity (Wildman–Crippen MR) is 86.4 cm³/mol. The number of alkyl halides is 6. The molecule has 8 nitrogen and oxygen atoms in total. The van der Waals surface area contributed by atoms with Crippen LogP contribution in [0.2, 0.25) is 0 Å². The van der Waals surface area contributed by atoms with Crippen LogP contribution in [0.3, 0.4) is 0 Å². The van der Waals surface area contributed by atoms with Crippen molar-refractivity contribution in [1.82, 2.24) is 25.0 Å². The number of ether oxygens (including phenoxy) is 1. The molecule has 1 amide bonds. The standard InChI is InChI=1S/C16H19F6N5O3/c1-2-8-5-23-4-3-9(8)12(28)26-6-10-24-25-13(15(17,18)19)27(10)11(7-26)30-14(29)16(20,21)22/h8-9,11,23H,2-7H2,1H3/t8-,9+,11?/m1/s1. The van der Waals surface area contributed by atoms with Crippen molar-refractivity contribution < 1.29 is 40.7 Å². The van der Waals surface area contributed by atoms with Gasteiger partial charge < -0.3 is 15.0 Å². The fraction of sp³-hybridized carbons (Fsp3) is 0.750. The van der Waals surface area contributed by atoms with Crippen molar-refractivity contribution >= 4 is 11.9 Å². The maximum atomic E-state index is 13.2. The van der Waals surface area contributed by atoms with E-state index >= 15 is 0 Å². The Morgan fingerprint density at radius 2 is 1.90 bits per heavy atom. The third-order valence-electron chi connectivity index (χ3n) is 5.25. The molecule has 3 atom stereocenters. The van der Waals surface area contributed by atoms with Gasteiger partial charge in [-0.25, -0.2) is 4.79 Å². The van der Waals surface area contributed by atoms with Crippen molar-refractivity contribution in [3.63, 3.8) is 0 Å². The summed E-state index contributed by atoms with van der Waals surface area (Å²) in [6.45, 7) is 1.95. The molecule has 1 aromatic heterocycles. The Morgan fingerprint density at radius 3 is 2.50 bits per heavy atom. The number of hydrogen-bond donors (Lipinski definition) is 1.